The van der Waals surface area contributed by atoms with E-state index >= 15 is 0 Å². The number of carbonyl (C=O) groups is 2. The molecule has 6 nitrogen and oxygen atoms in total. The number of amides is 2. The van der Waals surface area contributed by atoms with Gasteiger partial charge in [0.25, 0.3) is 0 Å². The Kier molecular flexibility index (Phi) is 4.24. The zero-order chi connectivity index (χ0) is 9.72. The van der Waals surface area contributed by atoms with Crippen LogP contribution in [0.4, 0.5) is 0 Å². The maximum absolute atomic E-state index is 10.6. The van der Waals surface area contributed by atoms with Crippen LogP contribution in [0.5, 0.6) is 0 Å². The molecule has 0 saturated carbocycles. The summed E-state index contributed by atoms with van der Waals surface area (Å²) in [6.07, 6.45) is -0.264. The van der Waals surface area contributed by atoms with Crippen molar-refractivity contribution in [3.63, 3.8) is 0 Å². The van der Waals surface area contributed by atoms with Gasteiger partial charge in [0.1, 0.15) is 6.04 Å². The summed E-state index contributed by atoms with van der Waals surface area (Å²) in [5, 5.41) is 9.75. The number of likely N-dealkylation sites (N-methyl/N-ethyl adjacent to an activating group) is 1. The summed E-state index contributed by atoms with van der Waals surface area (Å²) in [5.74, 6) is -1.44. The van der Waals surface area contributed by atoms with Gasteiger partial charge in [-0.25, -0.2) is 0 Å². The molecule has 0 radical (unpaired) electrons. The van der Waals surface area contributed by atoms with Crippen LogP contribution >= 0.6 is 0 Å². The molecule has 0 aliphatic heterocycles. The van der Waals surface area contributed by atoms with Crippen molar-refractivity contribution in [2.45, 2.75) is 19.4 Å². The summed E-state index contributed by atoms with van der Waals surface area (Å²) in [4.78, 5) is 21.1. The zero-order valence-electron chi connectivity index (χ0n) is 6.86. The monoisotopic (exact) mass is 175 g/mol. The van der Waals surface area contributed by atoms with Gasteiger partial charge in [-0.2, -0.15) is 5.06 Å². The minimum Gasteiger partial charge on any atom is -0.370 e. The SMILES string of the molecule is CCN(O)C(CC(N)=O)C(N)=O. The third-order valence-corrected chi connectivity index (χ3v) is 1.41. The van der Waals surface area contributed by atoms with E-state index in [1.807, 2.05) is 0 Å². The lowest BCUT2D eigenvalue weighted by Gasteiger charge is -2.20. The minimum atomic E-state index is -1.02. The quantitative estimate of drug-likeness (QED) is 0.438. The van der Waals surface area contributed by atoms with Gasteiger partial charge in [-0.05, 0) is 0 Å². The molecule has 70 valence electrons. The predicted octanol–water partition coefficient (Wildman–Crippen LogP) is -1.57. The molecular formula is C6H13N3O3. The summed E-state index contributed by atoms with van der Waals surface area (Å²) in [7, 11) is 0. The van der Waals surface area contributed by atoms with Crippen molar-refractivity contribution in [3.8, 4) is 0 Å². The molecule has 2 amide bonds. The van der Waals surface area contributed by atoms with E-state index in [-0.39, 0.29) is 13.0 Å². The summed E-state index contributed by atoms with van der Waals surface area (Å²) in [5.41, 5.74) is 9.75. The normalized spacial score (nSPS) is 12.9. The average molecular weight is 175 g/mol. The van der Waals surface area contributed by atoms with E-state index in [2.05, 4.69) is 0 Å². The summed E-state index contributed by atoms with van der Waals surface area (Å²) in [6.45, 7) is 1.83. The van der Waals surface area contributed by atoms with Crippen LogP contribution in [0.1, 0.15) is 13.3 Å². The molecule has 0 saturated heterocycles. The van der Waals surface area contributed by atoms with Gasteiger partial charge in [-0.15, -0.1) is 0 Å². The molecule has 1 unspecified atom stereocenters. The van der Waals surface area contributed by atoms with Gasteiger partial charge >= 0.3 is 0 Å². The van der Waals surface area contributed by atoms with Gasteiger partial charge in [-0.3, -0.25) is 9.59 Å². The van der Waals surface area contributed by atoms with Crippen LogP contribution in [0.2, 0.25) is 0 Å². The Morgan fingerprint density at radius 3 is 2.25 bits per heavy atom. The standard InChI is InChI=1S/C6H13N3O3/c1-2-9(12)4(6(8)11)3-5(7)10/h4,12H,2-3H2,1H3,(H2,7,10)(H2,8,11). The van der Waals surface area contributed by atoms with Gasteiger partial charge in [0.2, 0.25) is 11.8 Å². The third kappa shape index (κ3) is 3.31. The van der Waals surface area contributed by atoms with Crippen molar-refractivity contribution in [2.75, 3.05) is 6.54 Å². The van der Waals surface area contributed by atoms with Crippen molar-refractivity contribution >= 4 is 11.8 Å². The Balaban J connectivity index is 4.22. The molecule has 0 bridgehead atoms. The molecule has 0 heterocycles. The molecule has 0 aliphatic rings. The minimum absolute atomic E-state index is 0.209. The van der Waals surface area contributed by atoms with Gasteiger partial charge in [-0.1, -0.05) is 6.92 Å². The zero-order valence-corrected chi connectivity index (χ0v) is 6.86. The molecule has 0 aromatic rings. The highest BCUT2D eigenvalue weighted by atomic mass is 16.5. The lowest BCUT2D eigenvalue weighted by Crippen LogP contribution is -2.45. The number of carbonyl (C=O) groups excluding carboxylic acids is 2. The first-order chi connectivity index (χ1) is 5.49. The highest BCUT2D eigenvalue weighted by molar-refractivity contribution is 5.86. The van der Waals surface area contributed by atoms with E-state index in [0.717, 1.165) is 0 Å². The predicted molar refractivity (Wildman–Crippen MR) is 41.0 cm³/mol. The van der Waals surface area contributed by atoms with Crippen molar-refractivity contribution in [1.82, 2.24) is 5.06 Å². The first-order valence-electron chi connectivity index (χ1n) is 3.52. The molecule has 0 aliphatic carbocycles. The van der Waals surface area contributed by atoms with E-state index in [9.17, 15) is 9.59 Å². The topological polar surface area (TPSA) is 110 Å². The summed E-state index contributed by atoms with van der Waals surface area (Å²) in [6, 6.07) is -1.02. The Bertz CT molecular complexity index is 183. The number of hydroxylamine groups is 2. The van der Waals surface area contributed by atoms with Crippen molar-refractivity contribution in [2.24, 2.45) is 11.5 Å². The largest absolute Gasteiger partial charge is 0.370 e. The molecule has 5 N–H and O–H groups in total. The van der Waals surface area contributed by atoms with Crippen molar-refractivity contribution < 1.29 is 14.8 Å². The second-order valence-electron chi connectivity index (χ2n) is 2.34. The lowest BCUT2D eigenvalue weighted by atomic mass is 10.2. The molecule has 0 aromatic carbocycles. The smallest absolute Gasteiger partial charge is 0.237 e. The molecule has 6 heteroatoms. The van der Waals surface area contributed by atoms with Crippen molar-refractivity contribution in [1.29, 1.82) is 0 Å². The van der Waals surface area contributed by atoms with Gasteiger partial charge in [0.15, 0.2) is 0 Å². The number of rotatable bonds is 5. The summed E-state index contributed by atoms with van der Waals surface area (Å²) >= 11 is 0. The van der Waals surface area contributed by atoms with Crippen LogP contribution in [0.3, 0.4) is 0 Å². The Morgan fingerprint density at radius 1 is 1.50 bits per heavy atom. The molecule has 0 spiro atoms. The molecular weight excluding hydrogens is 162 g/mol. The molecule has 0 fully saturated rings. The third-order valence-electron chi connectivity index (χ3n) is 1.41. The highest BCUT2D eigenvalue weighted by Crippen LogP contribution is 1.99. The van der Waals surface area contributed by atoms with Gasteiger partial charge in [0, 0.05) is 6.54 Å². The highest BCUT2D eigenvalue weighted by Gasteiger charge is 2.23. The second-order valence-corrected chi connectivity index (χ2v) is 2.34. The lowest BCUT2D eigenvalue weighted by molar-refractivity contribution is -0.155. The van der Waals surface area contributed by atoms with Crippen LogP contribution in [-0.4, -0.2) is 34.7 Å². The number of hydrogen-bond donors (Lipinski definition) is 3. The molecule has 0 rings (SSSR count). The first kappa shape index (κ1) is 10.9. The van der Waals surface area contributed by atoms with E-state index in [0.29, 0.717) is 5.06 Å². The fraction of sp³-hybridized carbons (Fsp3) is 0.667. The fourth-order valence-electron chi connectivity index (χ4n) is 0.764. The van der Waals surface area contributed by atoms with E-state index in [1.165, 1.54) is 0 Å². The van der Waals surface area contributed by atoms with Crippen LogP contribution in [-0.2, 0) is 9.59 Å². The van der Waals surface area contributed by atoms with E-state index in [4.69, 9.17) is 16.7 Å². The summed E-state index contributed by atoms with van der Waals surface area (Å²) < 4.78 is 0. The van der Waals surface area contributed by atoms with Crippen LogP contribution in [0.25, 0.3) is 0 Å². The average Bonchev–Trinajstić information content (AvgIpc) is 1.98. The van der Waals surface area contributed by atoms with E-state index in [1.54, 1.807) is 6.92 Å². The Morgan fingerprint density at radius 2 is 2.00 bits per heavy atom. The van der Waals surface area contributed by atoms with Crippen LogP contribution in [0, 0.1) is 0 Å². The molecule has 12 heavy (non-hydrogen) atoms. The first-order valence-corrected chi connectivity index (χ1v) is 3.52. The number of hydrogen-bond acceptors (Lipinski definition) is 4. The van der Waals surface area contributed by atoms with Crippen LogP contribution < -0.4 is 11.5 Å². The fourth-order valence-corrected chi connectivity index (χ4v) is 0.764. The maximum atomic E-state index is 10.6. The van der Waals surface area contributed by atoms with E-state index < -0.39 is 17.9 Å². The second kappa shape index (κ2) is 4.68. The van der Waals surface area contributed by atoms with Crippen molar-refractivity contribution in [3.05, 3.63) is 0 Å². The Labute approximate surface area is 70.1 Å². The number of nitrogens with two attached hydrogens (primary N) is 2. The molecule has 0 aromatic heterocycles. The maximum Gasteiger partial charge on any atom is 0.237 e. The number of nitrogens with zero attached hydrogens (tertiary/aromatic N) is 1. The van der Waals surface area contributed by atoms with Crippen LogP contribution in [0.15, 0.2) is 0 Å². The molecule has 1 atom stereocenters. The van der Waals surface area contributed by atoms with Gasteiger partial charge < -0.3 is 16.7 Å². The Hall–Kier alpha value is -1.14. The number of primary amides is 2. The van der Waals surface area contributed by atoms with Gasteiger partial charge in [0.05, 0.1) is 6.42 Å².